The van der Waals surface area contributed by atoms with Crippen LogP contribution in [0.25, 0.3) is 0 Å². The predicted molar refractivity (Wildman–Crippen MR) is 128 cm³/mol. The molecule has 0 aromatic heterocycles. The van der Waals surface area contributed by atoms with Gasteiger partial charge >= 0.3 is 5.97 Å². The number of anilines is 1. The molecule has 2 N–H and O–H groups in total. The molecule has 8 heteroatoms. The van der Waals surface area contributed by atoms with E-state index in [1.54, 1.807) is 5.48 Å². The molecule has 184 valence electrons. The van der Waals surface area contributed by atoms with E-state index in [9.17, 15) is 9.59 Å². The van der Waals surface area contributed by atoms with Gasteiger partial charge in [-0.2, -0.15) is 0 Å². The number of amides is 1. The van der Waals surface area contributed by atoms with Gasteiger partial charge in [-0.25, -0.2) is 5.48 Å². The number of hydrogen-bond donors (Lipinski definition) is 2. The van der Waals surface area contributed by atoms with E-state index in [-0.39, 0.29) is 11.9 Å². The maximum Gasteiger partial charge on any atom is 0.305 e. The van der Waals surface area contributed by atoms with Gasteiger partial charge in [0.05, 0.1) is 7.11 Å². The number of hydrogen-bond acceptors (Lipinski definition) is 7. The molecule has 0 spiro atoms. The molecule has 1 aromatic rings. The molecule has 0 aliphatic heterocycles. The van der Waals surface area contributed by atoms with Gasteiger partial charge in [0.15, 0.2) is 0 Å². The van der Waals surface area contributed by atoms with Crippen LogP contribution in [-0.4, -0.2) is 51.4 Å². The van der Waals surface area contributed by atoms with Crippen LogP contribution in [-0.2, 0) is 23.9 Å². The van der Waals surface area contributed by atoms with E-state index in [1.165, 1.54) is 18.4 Å². The first kappa shape index (κ1) is 33.9. The first-order valence-electron chi connectivity index (χ1n) is 10.6. The van der Waals surface area contributed by atoms with Gasteiger partial charge < -0.3 is 19.2 Å². The Morgan fingerprint density at radius 3 is 1.91 bits per heavy atom. The average molecular weight is 455 g/mol. The molecule has 0 atom stereocenters. The van der Waals surface area contributed by atoms with E-state index in [4.69, 9.17) is 14.8 Å². The molecule has 8 nitrogen and oxygen atoms in total. The highest BCUT2D eigenvalue weighted by Gasteiger charge is 2.30. The molecule has 0 saturated carbocycles. The van der Waals surface area contributed by atoms with Gasteiger partial charge in [-0.3, -0.25) is 14.8 Å². The Balaban J connectivity index is -0.000000469. The van der Waals surface area contributed by atoms with Crippen molar-refractivity contribution in [3.05, 3.63) is 29.8 Å². The summed E-state index contributed by atoms with van der Waals surface area (Å²) in [7, 11) is 3.45. The summed E-state index contributed by atoms with van der Waals surface area (Å²) in [6.45, 7) is 12.9. The highest BCUT2D eigenvalue weighted by Crippen LogP contribution is 2.29. The van der Waals surface area contributed by atoms with Crippen molar-refractivity contribution >= 4 is 31.1 Å². The lowest BCUT2D eigenvalue weighted by molar-refractivity contribution is -0.141. The highest BCUT2D eigenvalue weighted by molar-refractivity contribution is 5.80. The van der Waals surface area contributed by atoms with Gasteiger partial charge in [0, 0.05) is 31.1 Å². The minimum atomic E-state index is -0.391. The number of benzene rings is 1. The van der Waals surface area contributed by atoms with Crippen LogP contribution in [0.2, 0.25) is 0 Å². The number of nitrogens with zero attached hydrogens (tertiary/aromatic N) is 1. The standard InChI is InChI=1S/C13H19NO2.C9H19NO2.2CH2O/c1-11-6-8-12(9-7-11)14(2)10-4-5-13(15)16-3;1-4-6-9(3,7-5-2)8(11)10-12;2*1-2/h6-9H,4-5,10H2,1-3H3;12H,4-7H2,1-3H3,(H,10,11);2*1H2. The third-order valence-electron chi connectivity index (χ3n) is 4.83. The van der Waals surface area contributed by atoms with Gasteiger partial charge in [-0.15, -0.1) is 0 Å². The zero-order chi connectivity index (χ0) is 25.6. The normalized spacial score (nSPS) is 9.47. The molecule has 0 unspecified atom stereocenters. The van der Waals surface area contributed by atoms with E-state index in [2.05, 4.69) is 40.8 Å². The molecule has 1 rings (SSSR count). The SMILES string of the molecule is C=O.C=O.CCCC(C)(CCC)C(=O)NO.COC(=O)CCCN(C)c1ccc(C)cc1. The molecule has 0 heterocycles. The van der Waals surface area contributed by atoms with Gasteiger partial charge in [0.2, 0.25) is 5.91 Å². The molecule has 0 radical (unpaired) electrons. The van der Waals surface area contributed by atoms with Crippen molar-refractivity contribution in [2.45, 2.75) is 66.2 Å². The summed E-state index contributed by atoms with van der Waals surface area (Å²) in [5.41, 5.74) is 3.78. The molecule has 0 aliphatic carbocycles. The molecule has 0 aliphatic rings. The Morgan fingerprint density at radius 2 is 1.53 bits per heavy atom. The van der Waals surface area contributed by atoms with E-state index in [0.717, 1.165) is 38.6 Å². The zero-order valence-electron chi connectivity index (χ0n) is 20.6. The number of nitrogens with one attached hydrogen (secondary N) is 1. The second-order valence-electron chi connectivity index (χ2n) is 7.44. The number of carbonyl (C=O) groups excluding carboxylic acids is 4. The second-order valence-corrected chi connectivity index (χ2v) is 7.44. The summed E-state index contributed by atoms with van der Waals surface area (Å²) in [6.07, 6.45) is 4.87. The number of aryl methyl sites for hydroxylation is 1. The Kier molecular flexibility index (Phi) is 22.8. The van der Waals surface area contributed by atoms with Crippen LogP contribution in [0.5, 0.6) is 0 Å². The van der Waals surface area contributed by atoms with Crippen LogP contribution < -0.4 is 10.4 Å². The van der Waals surface area contributed by atoms with Gasteiger partial charge in [0.25, 0.3) is 0 Å². The smallest absolute Gasteiger partial charge is 0.305 e. The molecular weight excluding hydrogens is 412 g/mol. The number of rotatable bonds is 10. The van der Waals surface area contributed by atoms with Crippen LogP contribution in [0.4, 0.5) is 5.69 Å². The van der Waals surface area contributed by atoms with Crippen molar-refractivity contribution < 1.29 is 29.1 Å². The average Bonchev–Trinajstić information content (AvgIpc) is 2.82. The first-order chi connectivity index (χ1) is 15.2. The number of carbonyl (C=O) groups is 4. The Hall–Kier alpha value is -2.74. The molecule has 32 heavy (non-hydrogen) atoms. The fourth-order valence-electron chi connectivity index (χ4n) is 3.08. The van der Waals surface area contributed by atoms with Crippen molar-refractivity contribution in [1.82, 2.24) is 5.48 Å². The number of esters is 1. The second kappa shape index (κ2) is 21.5. The summed E-state index contributed by atoms with van der Waals surface area (Å²) >= 11 is 0. The van der Waals surface area contributed by atoms with Crippen molar-refractivity contribution in [2.75, 3.05) is 25.6 Å². The van der Waals surface area contributed by atoms with Crippen LogP contribution >= 0.6 is 0 Å². The Bertz CT molecular complexity index is 599. The molecule has 0 saturated heterocycles. The third-order valence-corrected chi connectivity index (χ3v) is 4.83. The maximum atomic E-state index is 11.3. The third kappa shape index (κ3) is 15.1. The predicted octanol–water partition coefficient (Wildman–Crippen LogP) is 4.11. The van der Waals surface area contributed by atoms with E-state index in [0.29, 0.717) is 6.42 Å². The fourth-order valence-corrected chi connectivity index (χ4v) is 3.08. The van der Waals surface area contributed by atoms with Crippen LogP contribution in [0, 0.1) is 12.3 Å². The van der Waals surface area contributed by atoms with Crippen molar-refractivity contribution in [3.63, 3.8) is 0 Å². The minimum Gasteiger partial charge on any atom is -0.469 e. The van der Waals surface area contributed by atoms with Crippen molar-refractivity contribution in [1.29, 1.82) is 0 Å². The quantitative estimate of drug-likeness (QED) is 0.311. The summed E-state index contributed by atoms with van der Waals surface area (Å²) in [5, 5.41) is 8.52. The van der Waals surface area contributed by atoms with E-state index >= 15 is 0 Å². The first-order valence-corrected chi connectivity index (χ1v) is 10.6. The lowest BCUT2D eigenvalue weighted by atomic mass is 9.81. The summed E-state index contributed by atoms with van der Waals surface area (Å²) in [6, 6.07) is 8.36. The van der Waals surface area contributed by atoms with Gasteiger partial charge in [-0.05, 0) is 38.3 Å². The number of methoxy groups -OCH3 is 1. The summed E-state index contributed by atoms with van der Waals surface area (Å²) in [5.74, 6) is -0.400. The molecule has 1 aromatic carbocycles. The van der Waals surface area contributed by atoms with Crippen molar-refractivity contribution in [2.24, 2.45) is 5.41 Å². The summed E-state index contributed by atoms with van der Waals surface area (Å²) < 4.78 is 4.60. The molecule has 0 fully saturated rings. The molecule has 0 bridgehead atoms. The lowest BCUT2D eigenvalue weighted by Crippen LogP contribution is -2.37. The van der Waals surface area contributed by atoms with Gasteiger partial charge in [0.1, 0.15) is 13.6 Å². The Labute approximate surface area is 193 Å². The highest BCUT2D eigenvalue weighted by atomic mass is 16.5. The van der Waals surface area contributed by atoms with Crippen LogP contribution in [0.15, 0.2) is 24.3 Å². The van der Waals surface area contributed by atoms with E-state index in [1.807, 2.05) is 41.4 Å². The fraction of sp³-hybridized carbons (Fsp3) is 0.583. The van der Waals surface area contributed by atoms with Crippen LogP contribution in [0.3, 0.4) is 0 Å². The zero-order valence-corrected chi connectivity index (χ0v) is 20.6. The Morgan fingerprint density at radius 1 is 1.06 bits per heavy atom. The van der Waals surface area contributed by atoms with Crippen LogP contribution in [0.1, 0.15) is 64.9 Å². The maximum absolute atomic E-state index is 11.3. The monoisotopic (exact) mass is 454 g/mol. The molecule has 1 amide bonds. The topological polar surface area (TPSA) is 113 Å². The molecular formula is C24H42N2O6. The number of ether oxygens (including phenoxy) is 1. The van der Waals surface area contributed by atoms with Crippen molar-refractivity contribution in [3.8, 4) is 0 Å². The lowest BCUT2D eigenvalue weighted by Gasteiger charge is -2.25. The van der Waals surface area contributed by atoms with E-state index < -0.39 is 5.41 Å². The largest absolute Gasteiger partial charge is 0.469 e. The van der Waals surface area contributed by atoms with Gasteiger partial charge in [-0.1, -0.05) is 51.3 Å². The minimum absolute atomic E-state index is 0.141. The summed E-state index contributed by atoms with van der Waals surface area (Å²) in [4.78, 5) is 40.3. The number of hydroxylamine groups is 1.